The summed E-state index contributed by atoms with van der Waals surface area (Å²) in [5, 5.41) is 10.5. The van der Waals surface area contributed by atoms with Crippen LogP contribution in [0, 0.1) is 10.1 Å². The SMILES string of the molecule is O=C(CN1CCCS(=O)(=O)CC1)c1cc([N+](=O)[O-])c[nH]1. The summed E-state index contributed by atoms with van der Waals surface area (Å²) in [6.45, 7) is 0.915. The summed E-state index contributed by atoms with van der Waals surface area (Å²) in [5.41, 5.74) is 0.00981. The Hall–Kier alpha value is -1.74. The van der Waals surface area contributed by atoms with E-state index in [9.17, 15) is 23.3 Å². The van der Waals surface area contributed by atoms with Gasteiger partial charge in [0.05, 0.1) is 34.9 Å². The fourth-order valence-electron chi connectivity index (χ4n) is 2.09. The van der Waals surface area contributed by atoms with Crippen LogP contribution in [0.15, 0.2) is 12.3 Å². The number of hydrogen-bond acceptors (Lipinski definition) is 6. The van der Waals surface area contributed by atoms with Crippen LogP contribution in [0.3, 0.4) is 0 Å². The molecule has 0 saturated carbocycles. The third-order valence-corrected chi connectivity index (χ3v) is 4.91. The number of nitro groups is 1. The van der Waals surface area contributed by atoms with Crippen molar-refractivity contribution >= 4 is 21.3 Å². The van der Waals surface area contributed by atoms with E-state index in [0.29, 0.717) is 19.5 Å². The third-order valence-electron chi connectivity index (χ3n) is 3.19. The van der Waals surface area contributed by atoms with Crippen molar-refractivity contribution in [3.8, 4) is 0 Å². The van der Waals surface area contributed by atoms with Gasteiger partial charge in [0.2, 0.25) is 0 Å². The van der Waals surface area contributed by atoms with Crippen LogP contribution in [0.4, 0.5) is 5.69 Å². The summed E-state index contributed by atoms with van der Waals surface area (Å²) < 4.78 is 22.9. The fourth-order valence-corrected chi connectivity index (χ4v) is 3.40. The Balaban J connectivity index is 1.98. The minimum atomic E-state index is -3.01. The van der Waals surface area contributed by atoms with E-state index in [4.69, 9.17) is 0 Å². The van der Waals surface area contributed by atoms with Crippen LogP contribution in [0.25, 0.3) is 0 Å². The monoisotopic (exact) mass is 301 g/mol. The van der Waals surface area contributed by atoms with E-state index in [1.165, 1.54) is 12.3 Å². The predicted molar refractivity (Wildman–Crippen MR) is 71.5 cm³/mol. The molecular formula is C11H15N3O5S. The van der Waals surface area contributed by atoms with E-state index in [0.717, 1.165) is 0 Å². The number of aromatic nitrogens is 1. The van der Waals surface area contributed by atoms with Gasteiger partial charge < -0.3 is 4.98 Å². The lowest BCUT2D eigenvalue weighted by Gasteiger charge is -2.17. The van der Waals surface area contributed by atoms with Crippen molar-refractivity contribution in [3.63, 3.8) is 0 Å². The zero-order chi connectivity index (χ0) is 14.8. The van der Waals surface area contributed by atoms with Crippen molar-refractivity contribution in [2.24, 2.45) is 0 Å². The number of nitrogens with zero attached hydrogens (tertiary/aromatic N) is 2. The molecule has 1 fully saturated rings. The van der Waals surface area contributed by atoms with E-state index in [2.05, 4.69) is 4.98 Å². The first-order valence-corrected chi connectivity index (χ1v) is 7.98. The number of Topliss-reactive ketones (excluding diaryl/α,β-unsaturated/α-hetero) is 1. The molecule has 1 N–H and O–H groups in total. The average Bonchev–Trinajstić information content (AvgIpc) is 2.79. The maximum absolute atomic E-state index is 12.0. The second-order valence-corrected chi connectivity index (χ2v) is 7.04. The number of hydrogen-bond donors (Lipinski definition) is 1. The predicted octanol–water partition coefficient (Wildman–Crippen LogP) is 0.226. The molecule has 1 aromatic rings. The molecule has 1 aliphatic heterocycles. The van der Waals surface area contributed by atoms with Gasteiger partial charge in [-0.2, -0.15) is 0 Å². The number of carbonyl (C=O) groups excluding carboxylic acids is 1. The number of rotatable bonds is 4. The molecule has 9 heteroatoms. The summed E-state index contributed by atoms with van der Waals surface area (Å²) >= 11 is 0. The largest absolute Gasteiger partial charge is 0.353 e. The first kappa shape index (κ1) is 14.7. The van der Waals surface area contributed by atoms with Gasteiger partial charge in [0, 0.05) is 12.6 Å². The van der Waals surface area contributed by atoms with E-state index in [1.807, 2.05) is 0 Å². The molecule has 0 aliphatic carbocycles. The van der Waals surface area contributed by atoms with Crippen LogP contribution in [0.5, 0.6) is 0 Å². The first-order valence-electron chi connectivity index (χ1n) is 6.16. The molecule has 8 nitrogen and oxygen atoms in total. The standard InChI is InChI=1S/C11H15N3O5S/c15-11(10-6-9(7-12-10)14(16)17)8-13-2-1-4-20(18,19)5-3-13/h6-7,12H,1-5,8H2. The van der Waals surface area contributed by atoms with Crippen LogP contribution < -0.4 is 0 Å². The molecule has 110 valence electrons. The third kappa shape index (κ3) is 3.64. The Kier molecular flexibility index (Phi) is 4.19. The zero-order valence-electron chi connectivity index (χ0n) is 10.7. The Labute approximate surface area is 115 Å². The highest BCUT2D eigenvalue weighted by molar-refractivity contribution is 7.91. The van der Waals surface area contributed by atoms with Gasteiger partial charge in [0.25, 0.3) is 5.69 Å². The molecule has 0 bridgehead atoms. The summed E-state index contributed by atoms with van der Waals surface area (Å²) in [6, 6.07) is 1.19. The summed E-state index contributed by atoms with van der Waals surface area (Å²) in [5.74, 6) is -0.0889. The lowest BCUT2D eigenvalue weighted by molar-refractivity contribution is -0.384. The van der Waals surface area contributed by atoms with Gasteiger partial charge in [0.15, 0.2) is 15.6 Å². The smallest absolute Gasteiger partial charge is 0.287 e. The number of H-pyrrole nitrogens is 1. The summed E-state index contributed by atoms with van der Waals surface area (Å²) in [7, 11) is -3.01. The molecule has 0 unspecified atom stereocenters. The Bertz CT molecular complexity index is 622. The lowest BCUT2D eigenvalue weighted by Crippen LogP contribution is -2.32. The zero-order valence-corrected chi connectivity index (χ0v) is 11.6. The second-order valence-electron chi connectivity index (χ2n) is 4.73. The second kappa shape index (κ2) is 5.71. The molecule has 0 aromatic carbocycles. The Morgan fingerprint density at radius 3 is 2.80 bits per heavy atom. The van der Waals surface area contributed by atoms with Gasteiger partial charge in [0.1, 0.15) is 0 Å². The van der Waals surface area contributed by atoms with Crippen LogP contribution >= 0.6 is 0 Å². The molecule has 2 heterocycles. The van der Waals surface area contributed by atoms with E-state index in [-0.39, 0.29) is 35.2 Å². The number of ketones is 1. The molecule has 2 rings (SSSR count). The van der Waals surface area contributed by atoms with Crippen LogP contribution in [0.2, 0.25) is 0 Å². The summed E-state index contributed by atoms with van der Waals surface area (Å²) in [4.78, 5) is 26.3. The lowest BCUT2D eigenvalue weighted by atomic mass is 10.2. The van der Waals surface area contributed by atoms with Crippen LogP contribution in [0.1, 0.15) is 16.9 Å². The highest BCUT2D eigenvalue weighted by atomic mass is 32.2. The molecule has 0 spiro atoms. The number of sulfone groups is 1. The average molecular weight is 301 g/mol. The Morgan fingerprint density at radius 1 is 1.40 bits per heavy atom. The topological polar surface area (TPSA) is 113 Å². The number of nitrogens with one attached hydrogen (secondary N) is 1. The molecule has 1 saturated heterocycles. The van der Waals surface area contributed by atoms with Gasteiger partial charge in [-0.3, -0.25) is 19.8 Å². The molecule has 1 aromatic heterocycles. The van der Waals surface area contributed by atoms with Crippen molar-refractivity contribution in [2.75, 3.05) is 31.1 Å². The van der Waals surface area contributed by atoms with Gasteiger partial charge in [-0.1, -0.05) is 0 Å². The highest BCUT2D eigenvalue weighted by Gasteiger charge is 2.22. The minimum absolute atomic E-state index is 0.0468. The molecule has 1 aliphatic rings. The maximum Gasteiger partial charge on any atom is 0.287 e. The Morgan fingerprint density at radius 2 is 2.15 bits per heavy atom. The van der Waals surface area contributed by atoms with Crippen molar-refractivity contribution in [1.29, 1.82) is 0 Å². The van der Waals surface area contributed by atoms with Crippen molar-refractivity contribution in [1.82, 2.24) is 9.88 Å². The first-order chi connectivity index (χ1) is 9.37. The fraction of sp³-hybridized carbons (Fsp3) is 0.545. The molecule has 0 radical (unpaired) electrons. The van der Waals surface area contributed by atoms with Crippen LogP contribution in [-0.4, -0.2) is 60.1 Å². The number of aromatic amines is 1. The van der Waals surface area contributed by atoms with Gasteiger partial charge >= 0.3 is 0 Å². The normalized spacial score (nSPS) is 19.4. The van der Waals surface area contributed by atoms with Crippen LogP contribution in [-0.2, 0) is 9.84 Å². The van der Waals surface area contributed by atoms with E-state index < -0.39 is 14.8 Å². The molecule has 0 atom stereocenters. The van der Waals surface area contributed by atoms with Gasteiger partial charge in [-0.25, -0.2) is 8.42 Å². The van der Waals surface area contributed by atoms with E-state index in [1.54, 1.807) is 4.90 Å². The van der Waals surface area contributed by atoms with Crippen molar-refractivity contribution in [2.45, 2.75) is 6.42 Å². The van der Waals surface area contributed by atoms with Gasteiger partial charge in [-0.05, 0) is 13.0 Å². The summed E-state index contributed by atoms with van der Waals surface area (Å²) in [6.07, 6.45) is 1.67. The maximum atomic E-state index is 12.0. The molecule has 20 heavy (non-hydrogen) atoms. The van der Waals surface area contributed by atoms with Crippen molar-refractivity contribution < 1.29 is 18.1 Å². The highest BCUT2D eigenvalue weighted by Crippen LogP contribution is 2.13. The van der Waals surface area contributed by atoms with E-state index >= 15 is 0 Å². The minimum Gasteiger partial charge on any atom is -0.353 e. The molecular weight excluding hydrogens is 286 g/mol. The quantitative estimate of drug-likeness (QED) is 0.483. The molecule has 0 amide bonds. The number of carbonyl (C=O) groups is 1. The van der Waals surface area contributed by atoms with Gasteiger partial charge in [-0.15, -0.1) is 0 Å². The van der Waals surface area contributed by atoms with Crippen molar-refractivity contribution in [3.05, 3.63) is 28.1 Å².